The van der Waals surface area contributed by atoms with Crippen molar-refractivity contribution in [1.82, 2.24) is 4.98 Å². The standard InChI is InChI=1S/C7H8N2O3/c10-7(5-9(11)12)6-3-1-2-4-8-6/h1-4,7,10H,5H2/i5D2. The van der Waals surface area contributed by atoms with Gasteiger partial charge in [-0.3, -0.25) is 15.1 Å². The maximum Gasteiger partial charge on any atom is 0.235 e. The molecule has 0 saturated carbocycles. The zero-order valence-electron chi connectivity index (χ0n) is 8.04. The van der Waals surface area contributed by atoms with Gasteiger partial charge in [-0.1, -0.05) is 6.07 Å². The Bertz CT molecular complexity index is 331. The Kier molecular flexibility index (Phi) is 1.91. The molecule has 0 aliphatic heterocycles. The molecule has 0 saturated heterocycles. The lowest BCUT2D eigenvalue weighted by atomic mass is 10.2. The van der Waals surface area contributed by atoms with E-state index in [0.29, 0.717) is 0 Å². The Labute approximate surface area is 71.6 Å². The highest BCUT2D eigenvalue weighted by molar-refractivity contribution is 5.06. The summed E-state index contributed by atoms with van der Waals surface area (Å²) in [5.74, 6) is 0. The minimum Gasteiger partial charge on any atom is -0.380 e. The SMILES string of the molecule is [2H]C([2H])(C(O)c1ccccn1)[N+](=O)[O-]. The van der Waals surface area contributed by atoms with Gasteiger partial charge < -0.3 is 5.11 Å². The van der Waals surface area contributed by atoms with E-state index in [1.807, 2.05) is 0 Å². The van der Waals surface area contributed by atoms with Gasteiger partial charge in [0.2, 0.25) is 6.50 Å². The van der Waals surface area contributed by atoms with Crippen LogP contribution in [0.1, 0.15) is 14.5 Å². The molecule has 0 spiro atoms. The van der Waals surface area contributed by atoms with Crippen LogP contribution in [0.5, 0.6) is 0 Å². The maximum absolute atomic E-state index is 10.3. The zero-order chi connectivity index (χ0) is 10.8. The minimum atomic E-state index is -2.92. The molecule has 1 unspecified atom stereocenters. The van der Waals surface area contributed by atoms with Crippen molar-refractivity contribution < 1.29 is 12.8 Å². The number of hydrogen-bond donors (Lipinski definition) is 1. The van der Waals surface area contributed by atoms with Gasteiger partial charge in [-0.2, -0.15) is 0 Å². The molecule has 5 nitrogen and oxygen atoms in total. The summed E-state index contributed by atoms with van der Waals surface area (Å²) in [5.41, 5.74) is -0.0609. The first-order chi connectivity index (χ1) is 6.46. The van der Waals surface area contributed by atoms with Crippen molar-refractivity contribution in [2.24, 2.45) is 0 Å². The van der Waals surface area contributed by atoms with Crippen LogP contribution in [0.3, 0.4) is 0 Å². The molecule has 0 aliphatic rings. The average Bonchev–Trinajstić information content (AvgIpc) is 2.17. The molecule has 0 fully saturated rings. The van der Waals surface area contributed by atoms with Crippen molar-refractivity contribution in [1.29, 1.82) is 0 Å². The largest absolute Gasteiger partial charge is 0.380 e. The number of rotatable bonds is 3. The van der Waals surface area contributed by atoms with E-state index in [1.165, 1.54) is 18.3 Å². The molecule has 1 atom stereocenters. The fraction of sp³-hybridized carbons (Fsp3) is 0.286. The summed E-state index contributed by atoms with van der Waals surface area (Å²) in [4.78, 5) is 12.7. The fourth-order valence-electron chi connectivity index (χ4n) is 0.704. The van der Waals surface area contributed by atoms with Gasteiger partial charge in [-0.05, 0) is 12.1 Å². The molecule has 0 amide bonds. The van der Waals surface area contributed by atoms with Crippen molar-refractivity contribution in [3.63, 3.8) is 0 Å². The lowest BCUT2D eigenvalue weighted by Gasteiger charge is -2.03. The predicted molar refractivity (Wildman–Crippen MR) is 41.1 cm³/mol. The highest BCUT2D eigenvalue weighted by Gasteiger charge is 2.14. The number of nitrogens with zero attached hydrogens (tertiary/aromatic N) is 2. The Morgan fingerprint density at radius 1 is 1.83 bits per heavy atom. The number of aliphatic hydroxyl groups excluding tert-OH is 1. The Morgan fingerprint density at radius 3 is 3.08 bits per heavy atom. The molecule has 1 N–H and O–H groups in total. The summed E-state index contributed by atoms with van der Waals surface area (Å²) in [6, 6.07) is 4.41. The first-order valence-electron chi connectivity index (χ1n) is 4.19. The minimum absolute atomic E-state index is 0.0609. The van der Waals surface area contributed by atoms with E-state index >= 15 is 0 Å². The second kappa shape index (κ2) is 3.77. The molecular formula is C7H8N2O3. The summed E-state index contributed by atoms with van der Waals surface area (Å²) in [6.45, 7) is -2.92. The van der Waals surface area contributed by atoms with Gasteiger partial charge in [-0.15, -0.1) is 0 Å². The summed E-state index contributed by atoms with van der Waals surface area (Å²) in [6.07, 6.45) is -0.534. The van der Waals surface area contributed by atoms with E-state index in [1.54, 1.807) is 6.07 Å². The van der Waals surface area contributed by atoms with Gasteiger partial charge in [0.15, 0.2) is 6.10 Å². The van der Waals surface area contributed by atoms with E-state index in [-0.39, 0.29) is 5.69 Å². The first-order valence-corrected chi connectivity index (χ1v) is 3.19. The highest BCUT2D eigenvalue weighted by atomic mass is 16.6. The zero-order valence-corrected chi connectivity index (χ0v) is 6.04. The van der Waals surface area contributed by atoms with Crippen LogP contribution in [0, 0.1) is 10.1 Å². The number of aromatic nitrogens is 1. The Balaban J connectivity index is 2.96. The van der Waals surface area contributed by atoms with E-state index in [9.17, 15) is 15.2 Å². The molecule has 0 aliphatic carbocycles. The van der Waals surface area contributed by atoms with Crippen LogP contribution in [0.2, 0.25) is 0 Å². The predicted octanol–water partition coefficient (Wildman–Crippen LogP) is 0.392. The van der Waals surface area contributed by atoms with Crippen LogP contribution >= 0.6 is 0 Å². The fourth-order valence-corrected chi connectivity index (χ4v) is 0.704. The molecule has 64 valence electrons. The average molecular weight is 170 g/mol. The smallest absolute Gasteiger partial charge is 0.235 e. The topological polar surface area (TPSA) is 76.3 Å². The number of aliphatic hydroxyl groups is 1. The van der Waals surface area contributed by atoms with Crippen molar-refractivity contribution in [2.45, 2.75) is 6.10 Å². The van der Waals surface area contributed by atoms with Crippen LogP contribution in [0.4, 0.5) is 0 Å². The normalized spacial score (nSPS) is 16.1. The molecule has 0 radical (unpaired) electrons. The van der Waals surface area contributed by atoms with Crippen LogP contribution in [0.15, 0.2) is 24.4 Å². The first kappa shape index (κ1) is 6.07. The molecule has 0 bridgehead atoms. The van der Waals surface area contributed by atoms with E-state index in [4.69, 9.17) is 2.74 Å². The van der Waals surface area contributed by atoms with Crippen molar-refractivity contribution in [2.75, 3.05) is 6.50 Å². The van der Waals surface area contributed by atoms with Crippen molar-refractivity contribution >= 4 is 0 Å². The number of hydrogen-bond acceptors (Lipinski definition) is 4. The third-order valence-electron chi connectivity index (χ3n) is 1.20. The van der Waals surface area contributed by atoms with Crippen molar-refractivity contribution in [3.05, 3.63) is 40.2 Å². The summed E-state index contributed by atoms with van der Waals surface area (Å²) in [5, 5.41) is 19.6. The van der Waals surface area contributed by atoms with E-state index < -0.39 is 17.5 Å². The molecule has 12 heavy (non-hydrogen) atoms. The van der Waals surface area contributed by atoms with E-state index in [0.717, 1.165) is 0 Å². The molecular weight excluding hydrogens is 160 g/mol. The van der Waals surface area contributed by atoms with Gasteiger partial charge in [-0.25, -0.2) is 0 Å². The maximum atomic E-state index is 10.3. The molecule has 0 aromatic carbocycles. The third kappa shape index (κ3) is 2.28. The lowest BCUT2D eigenvalue weighted by molar-refractivity contribution is -0.491. The van der Waals surface area contributed by atoms with Crippen LogP contribution in [0.25, 0.3) is 0 Å². The Morgan fingerprint density at radius 2 is 2.58 bits per heavy atom. The van der Waals surface area contributed by atoms with Crippen LogP contribution < -0.4 is 0 Å². The molecule has 5 heteroatoms. The summed E-state index contributed by atoms with van der Waals surface area (Å²) >= 11 is 0. The van der Waals surface area contributed by atoms with Crippen LogP contribution in [-0.4, -0.2) is 21.5 Å². The lowest BCUT2D eigenvalue weighted by Crippen LogP contribution is -2.12. The highest BCUT2D eigenvalue weighted by Crippen LogP contribution is 2.07. The van der Waals surface area contributed by atoms with Gasteiger partial charge in [0.1, 0.15) is 2.74 Å². The van der Waals surface area contributed by atoms with Gasteiger partial charge in [0.25, 0.3) is 0 Å². The van der Waals surface area contributed by atoms with Crippen LogP contribution in [-0.2, 0) is 0 Å². The monoisotopic (exact) mass is 170 g/mol. The molecule has 1 heterocycles. The second-order valence-electron chi connectivity index (χ2n) is 2.04. The quantitative estimate of drug-likeness (QED) is 0.526. The third-order valence-corrected chi connectivity index (χ3v) is 1.20. The van der Waals surface area contributed by atoms with Gasteiger partial charge >= 0.3 is 0 Å². The molecule has 1 rings (SSSR count). The van der Waals surface area contributed by atoms with E-state index in [2.05, 4.69) is 4.98 Å². The Hall–Kier alpha value is -1.49. The number of pyridine rings is 1. The number of nitro groups is 1. The summed E-state index contributed by atoms with van der Waals surface area (Å²) in [7, 11) is 0. The molecule has 1 aromatic heterocycles. The summed E-state index contributed by atoms with van der Waals surface area (Å²) < 4.78 is 14.0. The second-order valence-corrected chi connectivity index (χ2v) is 2.04. The molecule has 1 aromatic rings. The van der Waals surface area contributed by atoms with Gasteiger partial charge in [0.05, 0.1) is 5.69 Å². The van der Waals surface area contributed by atoms with Gasteiger partial charge in [0, 0.05) is 11.1 Å². The van der Waals surface area contributed by atoms with Crippen molar-refractivity contribution in [3.8, 4) is 0 Å².